The summed E-state index contributed by atoms with van der Waals surface area (Å²) < 4.78 is 18.8. The van der Waals surface area contributed by atoms with Crippen LogP contribution in [0.1, 0.15) is 25.0 Å². The molecule has 0 fully saturated rings. The molecule has 24 heavy (non-hydrogen) atoms. The van der Waals surface area contributed by atoms with Crippen molar-refractivity contribution in [2.75, 3.05) is 7.05 Å². The lowest BCUT2D eigenvalue weighted by molar-refractivity contribution is -0.126. The van der Waals surface area contributed by atoms with E-state index < -0.39 is 5.54 Å². The number of nitrogens with one attached hydrogen (secondary N) is 2. The topological polar surface area (TPSA) is 50.4 Å². The van der Waals surface area contributed by atoms with Crippen LogP contribution in [0.25, 0.3) is 0 Å². The van der Waals surface area contributed by atoms with Gasteiger partial charge >= 0.3 is 0 Å². The molecule has 0 aliphatic rings. The summed E-state index contributed by atoms with van der Waals surface area (Å²) in [6.07, 6.45) is 0. The minimum atomic E-state index is -0.638. The second-order valence-electron chi connectivity index (χ2n) is 6.12. The Morgan fingerprint density at radius 1 is 1.12 bits per heavy atom. The van der Waals surface area contributed by atoms with E-state index in [2.05, 4.69) is 10.6 Å². The molecule has 0 heterocycles. The van der Waals surface area contributed by atoms with Crippen molar-refractivity contribution in [1.29, 1.82) is 0 Å². The highest BCUT2D eigenvalue weighted by atomic mass is 19.1. The first-order chi connectivity index (χ1) is 11.4. The van der Waals surface area contributed by atoms with Crippen LogP contribution in [-0.4, -0.2) is 18.5 Å². The minimum Gasteiger partial charge on any atom is -0.489 e. The van der Waals surface area contributed by atoms with Crippen LogP contribution in [0.4, 0.5) is 4.39 Å². The van der Waals surface area contributed by atoms with Crippen LogP contribution in [-0.2, 0) is 17.9 Å². The zero-order valence-electron chi connectivity index (χ0n) is 14.2. The van der Waals surface area contributed by atoms with Crippen LogP contribution in [0.3, 0.4) is 0 Å². The van der Waals surface area contributed by atoms with E-state index in [4.69, 9.17) is 4.74 Å². The summed E-state index contributed by atoms with van der Waals surface area (Å²) in [5.41, 5.74) is 1.19. The van der Waals surface area contributed by atoms with Crippen molar-refractivity contribution in [1.82, 2.24) is 10.6 Å². The number of likely N-dealkylation sites (N-methyl/N-ethyl adjacent to an activating group) is 1. The third kappa shape index (κ3) is 5.06. The summed E-state index contributed by atoms with van der Waals surface area (Å²) in [5.74, 6) is 0.391. The van der Waals surface area contributed by atoms with Gasteiger partial charge in [-0.05, 0) is 49.2 Å². The van der Waals surface area contributed by atoms with E-state index in [1.807, 2.05) is 44.2 Å². The van der Waals surface area contributed by atoms with Crippen molar-refractivity contribution in [3.05, 3.63) is 65.5 Å². The lowest BCUT2D eigenvalue weighted by atomic mass is 10.0. The Labute approximate surface area is 142 Å². The third-order valence-electron chi connectivity index (χ3n) is 3.75. The highest BCUT2D eigenvalue weighted by Crippen LogP contribution is 2.15. The Morgan fingerprint density at radius 3 is 2.46 bits per heavy atom. The lowest BCUT2D eigenvalue weighted by Gasteiger charge is -2.24. The van der Waals surface area contributed by atoms with Crippen LogP contribution in [0.5, 0.6) is 5.75 Å². The molecule has 0 bridgehead atoms. The average molecular weight is 330 g/mol. The molecule has 0 spiro atoms. The summed E-state index contributed by atoms with van der Waals surface area (Å²) >= 11 is 0. The molecule has 4 nitrogen and oxygen atoms in total. The Balaban J connectivity index is 1.87. The molecule has 0 aliphatic heterocycles. The van der Waals surface area contributed by atoms with Crippen molar-refractivity contribution in [2.24, 2.45) is 0 Å². The highest BCUT2D eigenvalue weighted by Gasteiger charge is 2.25. The van der Waals surface area contributed by atoms with E-state index in [-0.39, 0.29) is 11.7 Å². The molecule has 2 rings (SSSR count). The third-order valence-corrected chi connectivity index (χ3v) is 3.75. The molecule has 5 heteroatoms. The van der Waals surface area contributed by atoms with Crippen LogP contribution in [0, 0.1) is 5.82 Å². The Bertz CT molecular complexity index is 684. The first kappa shape index (κ1) is 17.9. The fraction of sp³-hybridized carbons (Fsp3) is 0.316. The molecule has 0 saturated heterocycles. The van der Waals surface area contributed by atoms with E-state index in [9.17, 15) is 9.18 Å². The van der Waals surface area contributed by atoms with E-state index in [1.54, 1.807) is 13.1 Å². The number of amides is 1. The Hall–Kier alpha value is -2.40. The maximum atomic E-state index is 13.1. The largest absolute Gasteiger partial charge is 0.489 e. The first-order valence-electron chi connectivity index (χ1n) is 7.84. The number of hydrogen-bond acceptors (Lipinski definition) is 3. The molecular formula is C19H23FN2O2. The second kappa shape index (κ2) is 7.93. The fourth-order valence-electron chi connectivity index (χ4n) is 2.21. The molecule has 0 atom stereocenters. The SMILES string of the molecule is CNC(=O)C(C)(C)NCc1ccc(OCc2cccc(F)c2)cc1. The Kier molecular flexibility index (Phi) is 5.93. The zero-order valence-corrected chi connectivity index (χ0v) is 14.2. The molecule has 2 aromatic rings. The number of halogens is 1. The van der Waals surface area contributed by atoms with Gasteiger partial charge in [0, 0.05) is 13.6 Å². The van der Waals surface area contributed by atoms with Gasteiger partial charge in [0.15, 0.2) is 0 Å². The highest BCUT2D eigenvalue weighted by molar-refractivity contribution is 5.85. The quantitative estimate of drug-likeness (QED) is 0.820. The molecule has 0 radical (unpaired) electrons. The van der Waals surface area contributed by atoms with Gasteiger partial charge in [-0.2, -0.15) is 0 Å². The van der Waals surface area contributed by atoms with Crippen molar-refractivity contribution >= 4 is 5.91 Å². The van der Waals surface area contributed by atoms with Crippen LogP contribution >= 0.6 is 0 Å². The zero-order chi connectivity index (χ0) is 17.6. The van der Waals surface area contributed by atoms with Gasteiger partial charge in [0.2, 0.25) is 5.91 Å². The molecule has 2 N–H and O–H groups in total. The van der Waals surface area contributed by atoms with Crippen molar-refractivity contribution in [3.63, 3.8) is 0 Å². The summed E-state index contributed by atoms with van der Waals surface area (Å²) in [7, 11) is 1.62. The van der Waals surface area contributed by atoms with Gasteiger partial charge in [-0.25, -0.2) is 4.39 Å². The normalized spacial score (nSPS) is 11.2. The number of hydrogen-bond donors (Lipinski definition) is 2. The summed E-state index contributed by atoms with van der Waals surface area (Å²) in [6.45, 7) is 4.56. The average Bonchev–Trinajstić information content (AvgIpc) is 2.58. The number of ether oxygens (including phenoxy) is 1. The van der Waals surface area contributed by atoms with Crippen LogP contribution in [0.15, 0.2) is 48.5 Å². The van der Waals surface area contributed by atoms with E-state index in [0.29, 0.717) is 18.9 Å². The lowest BCUT2D eigenvalue weighted by Crippen LogP contribution is -2.51. The molecular weight excluding hydrogens is 307 g/mol. The fourth-order valence-corrected chi connectivity index (χ4v) is 2.21. The summed E-state index contributed by atoms with van der Waals surface area (Å²) in [6, 6.07) is 14.0. The van der Waals surface area contributed by atoms with Gasteiger partial charge in [0.25, 0.3) is 0 Å². The Morgan fingerprint density at radius 2 is 1.83 bits per heavy atom. The van der Waals surface area contributed by atoms with E-state index in [0.717, 1.165) is 11.1 Å². The number of benzene rings is 2. The molecule has 0 saturated carbocycles. The summed E-state index contributed by atoms with van der Waals surface area (Å²) in [5, 5.41) is 5.85. The molecule has 0 aliphatic carbocycles. The number of rotatable bonds is 7. The van der Waals surface area contributed by atoms with Gasteiger partial charge < -0.3 is 10.1 Å². The maximum absolute atomic E-state index is 13.1. The number of carbonyl (C=O) groups is 1. The molecule has 1 amide bonds. The van der Waals surface area contributed by atoms with Crippen molar-refractivity contribution in [2.45, 2.75) is 32.5 Å². The molecule has 0 aromatic heterocycles. The second-order valence-corrected chi connectivity index (χ2v) is 6.12. The predicted octanol–water partition coefficient (Wildman–Crippen LogP) is 3.02. The molecule has 0 unspecified atom stereocenters. The maximum Gasteiger partial charge on any atom is 0.239 e. The van der Waals surface area contributed by atoms with Gasteiger partial charge in [0.05, 0.1) is 5.54 Å². The van der Waals surface area contributed by atoms with Gasteiger partial charge in [0.1, 0.15) is 18.2 Å². The smallest absolute Gasteiger partial charge is 0.239 e. The monoisotopic (exact) mass is 330 g/mol. The minimum absolute atomic E-state index is 0.0578. The molecule has 2 aromatic carbocycles. The van der Waals surface area contributed by atoms with Gasteiger partial charge in [-0.1, -0.05) is 24.3 Å². The first-order valence-corrected chi connectivity index (χ1v) is 7.84. The van der Waals surface area contributed by atoms with Gasteiger partial charge in [-0.3, -0.25) is 10.1 Å². The summed E-state index contributed by atoms with van der Waals surface area (Å²) in [4.78, 5) is 11.7. The molecule has 128 valence electrons. The predicted molar refractivity (Wildman–Crippen MR) is 92.2 cm³/mol. The van der Waals surface area contributed by atoms with Gasteiger partial charge in [-0.15, -0.1) is 0 Å². The number of carbonyl (C=O) groups excluding carboxylic acids is 1. The van der Waals surface area contributed by atoms with E-state index in [1.165, 1.54) is 12.1 Å². The standard InChI is InChI=1S/C19H23FN2O2/c1-19(2,18(23)21-3)22-12-14-7-9-17(10-8-14)24-13-15-5-4-6-16(20)11-15/h4-11,22H,12-13H2,1-3H3,(H,21,23). The van der Waals surface area contributed by atoms with Crippen molar-refractivity contribution < 1.29 is 13.9 Å². The van der Waals surface area contributed by atoms with Crippen molar-refractivity contribution in [3.8, 4) is 5.75 Å². The van der Waals surface area contributed by atoms with Crippen LogP contribution in [0.2, 0.25) is 0 Å². The van der Waals surface area contributed by atoms with Crippen LogP contribution < -0.4 is 15.4 Å². The van der Waals surface area contributed by atoms with E-state index >= 15 is 0 Å².